The van der Waals surface area contributed by atoms with Gasteiger partial charge in [0, 0.05) is 37.6 Å². The standard InChI is InChI=1S/C14H29ClN2O/c1-12(2)16(7-5-6-15)10-14-11-17(13(3)4)8-9-18-14/h12-14H,5-11H2,1-4H3. The van der Waals surface area contributed by atoms with E-state index in [2.05, 4.69) is 37.5 Å². The molecule has 0 aromatic heterocycles. The van der Waals surface area contributed by atoms with E-state index in [9.17, 15) is 0 Å². The SMILES string of the molecule is CC(C)N(CCCCl)CC1CN(C(C)C)CCO1. The first-order valence-corrected chi connectivity index (χ1v) is 7.73. The largest absolute Gasteiger partial charge is 0.374 e. The molecule has 0 saturated carbocycles. The number of hydrogen-bond acceptors (Lipinski definition) is 3. The van der Waals surface area contributed by atoms with Crippen molar-refractivity contribution in [1.29, 1.82) is 0 Å². The Morgan fingerprint density at radius 1 is 1.33 bits per heavy atom. The molecule has 0 radical (unpaired) electrons. The molecule has 18 heavy (non-hydrogen) atoms. The van der Waals surface area contributed by atoms with Crippen LogP contribution in [0, 0.1) is 0 Å². The number of nitrogens with zero attached hydrogens (tertiary/aromatic N) is 2. The van der Waals surface area contributed by atoms with Crippen molar-refractivity contribution in [3.63, 3.8) is 0 Å². The Morgan fingerprint density at radius 2 is 2.06 bits per heavy atom. The maximum atomic E-state index is 5.90. The zero-order valence-electron chi connectivity index (χ0n) is 12.4. The summed E-state index contributed by atoms with van der Waals surface area (Å²) in [6, 6.07) is 1.18. The molecule has 1 heterocycles. The highest BCUT2D eigenvalue weighted by molar-refractivity contribution is 6.17. The van der Waals surface area contributed by atoms with Crippen LogP contribution in [0.3, 0.4) is 0 Å². The summed E-state index contributed by atoms with van der Waals surface area (Å²) in [4.78, 5) is 4.99. The van der Waals surface area contributed by atoms with Gasteiger partial charge in [-0.3, -0.25) is 9.80 Å². The Kier molecular flexibility index (Phi) is 7.54. The van der Waals surface area contributed by atoms with Crippen LogP contribution in [-0.4, -0.2) is 66.7 Å². The molecule has 1 aliphatic heterocycles. The molecule has 108 valence electrons. The summed E-state index contributed by atoms with van der Waals surface area (Å²) >= 11 is 5.79. The molecule has 1 unspecified atom stereocenters. The lowest BCUT2D eigenvalue weighted by molar-refractivity contribution is -0.0553. The second kappa shape index (κ2) is 8.36. The Balaban J connectivity index is 2.42. The van der Waals surface area contributed by atoms with E-state index < -0.39 is 0 Å². The highest BCUT2D eigenvalue weighted by Crippen LogP contribution is 2.12. The van der Waals surface area contributed by atoms with Crippen LogP contribution < -0.4 is 0 Å². The fourth-order valence-electron chi connectivity index (χ4n) is 2.41. The third kappa shape index (κ3) is 5.43. The highest BCUT2D eigenvalue weighted by Gasteiger charge is 2.24. The molecule has 1 fully saturated rings. The number of alkyl halides is 1. The van der Waals surface area contributed by atoms with Crippen molar-refractivity contribution in [3.8, 4) is 0 Å². The number of ether oxygens (including phenoxy) is 1. The van der Waals surface area contributed by atoms with Gasteiger partial charge in [0.05, 0.1) is 12.7 Å². The van der Waals surface area contributed by atoms with E-state index in [1.165, 1.54) is 0 Å². The minimum Gasteiger partial charge on any atom is -0.374 e. The van der Waals surface area contributed by atoms with Crippen molar-refractivity contribution in [2.24, 2.45) is 0 Å². The van der Waals surface area contributed by atoms with Gasteiger partial charge in [-0.2, -0.15) is 0 Å². The van der Waals surface area contributed by atoms with Gasteiger partial charge in [0.1, 0.15) is 0 Å². The summed E-state index contributed by atoms with van der Waals surface area (Å²) in [5, 5.41) is 0. The Labute approximate surface area is 117 Å². The maximum absolute atomic E-state index is 5.90. The summed E-state index contributed by atoms with van der Waals surface area (Å²) < 4.78 is 5.90. The molecule has 1 aliphatic rings. The van der Waals surface area contributed by atoms with E-state index >= 15 is 0 Å². The van der Waals surface area contributed by atoms with Crippen LogP contribution in [0.2, 0.25) is 0 Å². The monoisotopic (exact) mass is 276 g/mol. The van der Waals surface area contributed by atoms with Gasteiger partial charge >= 0.3 is 0 Å². The van der Waals surface area contributed by atoms with Crippen LogP contribution in [0.25, 0.3) is 0 Å². The van der Waals surface area contributed by atoms with E-state index in [1.54, 1.807) is 0 Å². The Bertz CT molecular complexity index is 224. The van der Waals surface area contributed by atoms with Gasteiger partial charge < -0.3 is 4.74 Å². The van der Waals surface area contributed by atoms with Crippen LogP contribution in [0.15, 0.2) is 0 Å². The molecular formula is C14H29ClN2O. The van der Waals surface area contributed by atoms with Crippen LogP contribution >= 0.6 is 11.6 Å². The molecule has 3 nitrogen and oxygen atoms in total. The molecule has 1 rings (SSSR count). The fourth-order valence-corrected chi connectivity index (χ4v) is 2.53. The van der Waals surface area contributed by atoms with E-state index in [-0.39, 0.29) is 0 Å². The minimum absolute atomic E-state index is 0.346. The Hall–Kier alpha value is 0.170. The highest BCUT2D eigenvalue weighted by atomic mass is 35.5. The first-order chi connectivity index (χ1) is 8.54. The first kappa shape index (κ1) is 16.2. The lowest BCUT2D eigenvalue weighted by atomic mass is 10.2. The molecule has 4 heteroatoms. The van der Waals surface area contributed by atoms with Gasteiger partial charge in [-0.05, 0) is 40.7 Å². The number of hydrogen-bond donors (Lipinski definition) is 0. The Morgan fingerprint density at radius 3 is 2.61 bits per heavy atom. The van der Waals surface area contributed by atoms with Gasteiger partial charge in [0.15, 0.2) is 0 Å². The van der Waals surface area contributed by atoms with Crippen molar-refractivity contribution in [3.05, 3.63) is 0 Å². The van der Waals surface area contributed by atoms with Gasteiger partial charge in [0.2, 0.25) is 0 Å². The normalized spacial score (nSPS) is 22.3. The smallest absolute Gasteiger partial charge is 0.0829 e. The molecule has 0 N–H and O–H groups in total. The van der Waals surface area contributed by atoms with Crippen molar-refractivity contribution in [1.82, 2.24) is 9.80 Å². The van der Waals surface area contributed by atoms with E-state index in [4.69, 9.17) is 16.3 Å². The van der Waals surface area contributed by atoms with Gasteiger partial charge in [-0.1, -0.05) is 0 Å². The topological polar surface area (TPSA) is 15.7 Å². The summed E-state index contributed by atoms with van der Waals surface area (Å²) in [6.07, 6.45) is 1.40. The number of rotatable bonds is 7. The maximum Gasteiger partial charge on any atom is 0.0829 e. The summed E-state index contributed by atoms with van der Waals surface area (Å²) in [5.74, 6) is 0.743. The zero-order chi connectivity index (χ0) is 13.5. The van der Waals surface area contributed by atoms with Crippen LogP contribution in [-0.2, 0) is 4.74 Å². The summed E-state index contributed by atoms with van der Waals surface area (Å²) in [6.45, 7) is 14.1. The second-order valence-electron chi connectivity index (χ2n) is 5.71. The van der Waals surface area contributed by atoms with Crippen LogP contribution in [0.1, 0.15) is 34.1 Å². The quantitative estimate of drug-likeness (QED) is 0.665. The molecule has 0 aromatic carbocycles. The molecule has 0 amide bonds. The molecule has 0 aliphatic carbocycles. The number of halogens is 1. The van der Waals surface area contributed by atoms with Crippen molar-refractivity contribution >= 4 is 11.6 Å². The van der Waals surface area contributed by atoms with Crippen LogP contribution in [0.4, 0.5) is 0 Å². The first-order valence-electron chi connectivity index (χ1n) is 7.20. The minimum atomic E-state index is 0.346. The van der Waals surface area contributed by atoms with Crippen molar-refractivity contribution in [2.45, 2.75) is 52.3 Å². The van der Waals surface area contributed by atoms with Gasteiger partial charge in [0.25, 0.3) is 0 Å². The molecule has 0 spiro atoms. The van der Waals surface area contributed by atoms with Crippen molar-refractivity contribution < 1.29 is 4.74 Å². The molecule has 1 saturated heterocycles. The lowest BCUT2D eigenvalue weighted by Crippen LogP contribution is -2.50. The number of morpholine rings is 1. The molecular weight excluding hydrogens is 248 g/mol. The molecule has 0 bridgehead atoms. The van der Waals surface area contributed by atoms with Crippen LogP contribution in [0.5, 0.6) is 0 Å². The lowest BCUT2D eigenvalue weighted by Gasteiger charge is -2.38. The van der Waals surface area contributed by atoms with Crippen molar-refractivity contribution in [2.75, 3.05) is 38.7 Å². The average molecular weight is 277 g/mol. The predicted octanol–water partition coefficient (Wildman–Crippen LogP) is 2.43. The third-order valence-electron chi connectivity index (χ3n) is 3.65. The predicted molar refractivity (Wildman–Crippen MR) is 78.5 cm³/mol. The van der Waals surface area contributed by atoms with E-state index in [1.807, 2.05) is 0 Å². The molecule has 1 atom stereocenters. The van der Waals surface area contributed by atoms with E-state index in [0.29, 0.717) is 18.2 Å². The summed E-state index contributed by atoms with van der Waals surface area (Å²) in [5.41, 5.74) is 0. The molecule has 0 aromatic rings. The fraction of sp³-hybridized carbons (Fsp3) is 1.00. The van der Waals surface area contributed by atoms with Gasteiger partial charge in [-0.25, -0.2) is 0 Å². The average Bonchev–Trinajstić information content (AvgIpc) is 2.34. The third-order valence-corrected chi connectivity index (χ3v) is 3.92. The second-order valence-corrected chi connectivity index (χ2v) is 6.09. The van der Waals surface area contributed by atoms with Gasteiger partial charge in [-0.15, -0.1) is 11.6 Å². The zero-order valence-corrected chi connectivity index (χ0v) is 13.1. The van der Waals surface area contributed by atoms with E-state index in [0.717, 1.165) is 45.1 Å². The summed E-state index contributed by atoms with van der Waals surface area (Å²) in [7, 11) is 0.